The molecule has 0 atom stereocenters. The Morgan fingerprint density at radius 2 is 1.85 bits per heavy atom. The van der Waals surface area contributed by atoms with E-state index in [9.17, 15) is 4.79 Å². The molecule has 2 saturated heterocycles. The molecule has 4 aliphatic rings. The quantitative estimate of drug-likeness (QED) is 0.382. The number of carbonyl (C=O) groups is 1. The van der Waals surface area contributed by atoms with Crippen molar-refractivity contribution in [1.82, 2.24) is 14.8 Å². The van der Waals surface area contributed by atoms with Crippen LogP contribution >= 0.6 is 0 Å². The maximum absolute atomic E-state index is 14.2. The Labute approximate surface area is 242 Å². The molecule has 0 bridgehead atoms. The number of hydrogen-bond donors (Lipinski definition) is 1. The van der Waals surface area contributed by atoms with Crippen LogP contribution in [0.1, 0.15) is 65.0 Å². The Morgan fingerprint density at radius 3 is 2.59 bits per heavy atom. The number of nitrogens with one attached hydrogen (secondary N) is 1. The second-order valence-corrected chi connectivity index (χ2v) is 12.5. The minimum absolute atomic E-state index is 0.0722. The third-order valence-corrected chi connectivity index (χ3v) is 9.41. The van der Waals surface area contributed by atoms with E-state index in [0.717, 1.165) is 102 Å². The van der Waals surface area contributed by atoms with E-state index in [1.807, 2.05) is 6.07 Å². The molecule has 1 N–H and O–H groups in total. The summed E-state index contributed by atoms with van der Waals surface area (Å²) in [6, 6.07) is 11.3. The van der Waals surface area contributed by atoms with E-state index >= 15 is 0 Å². The second kappa shape index (κ2) is 10.4. The lowest BCUT2D eigenvalue weighted by molar-refractivity contribution is 0.103. The number of benzene rings is 2. The smallest absolute Gasteiger partial charge is 0.195 e. The number of ether oxygens (including phenoxy) is 1. The molecule has 2 aliphatic carbocycles. The summed E-state index contributed by atoms with van der Waals surface area (Å²) >= 11 is 0. The normalized spacial score (nSPS) is 20.8. The summed E-state index contributed by atoms with van der Waals surface area (Å²) < 4.78 is 5.67. The highest BCUT2D eigenvalue weighted by Gasteiger charge is 2.40. The van der Waals surface area contributed by atoms with E-state index < -0.39 is 0 Å². The van der Waals surface area contributed by atoms with E-state index in [1.165, 1.54) is 12.8 Å². The van der Waals surface area contributed by atoms with E-state index in [2.05, 4.69) is 81.3 Å². The predicted molar refractivity (Wildman–Crippen MR) is 164 cm³/mol. The van der Waals surface area contributed by atoms with Gasteiger partial charge < -0.3 is 14.6 Å². The molecule has 3 aromatic rings. The van der Waals surface area contributed by atoms with Crippen molar-refractivity contribution < 1.29 is 9.53 Å². The molecule has 3 fully saturated rings. The van der Waals surface area contributed by atoms with Crippen molar-refractivity contribution in [3.05, 3.63) is 63.8 Å². The molecule has 3 heterocycles. The van der Waals surface area contributed by atoms with Gasteiger partial charge in [0.05, 0.1) is 37.6 Å². The number of carbonyl (C=O) groups excluding carboxylic acids is 1. The maximum atomic E-state index is 14.2. The zero-order valence-electron chi connectivity index (χ0n) is 24.3. The van der Waals surface area contributed by atoms with Crippen molar-refractivity contribution in [3.63, 3.8) is 0 Å². The summed E-state index contributed by atoms with van der Waals surface area (Å²) in [5, 5.41) is 0.965. The molecule has 0 spiro atoms. The van der Waals surface area contributed by atoms with Crippen LogP contribution in [-0.4, -0.2) is 92.4 Å². The lowest BCUT2D eigenvalue weighted by atomic mass is 9.70. The first-order valence-corrected chi connectivity index (χ1v) is 15.0. The van der Waals surface area contributed by atoms with Crippen molar-refractivity contribution in [2.45, 2.75) is 44.7 Å². The van der Waals surface area contributed by atoms with Gasteiger partial charge in [0.25, 0.3) is 0 Å². The Morgan fingerprint density at radius 1 is 1.07 bits per heavy atom. The lowest BCUT2D eigenvalue weighted by Crippen LogP contribution is -2.47. The molecule has 7 rings (SSSR count). The lowest BCUT2D eigenvalue weighted by Gasteiger charge is -2.36. The van der Waals surface area contributed by atoms with E-state index in [4.69, 9.17) is 4.74 Å². The predicted octanol–water partition coefficient (Wildman–Crippen LogP) is 4.21. The summed E-state index contributed by atoms with van der Waals surface area (Å²) in [6.07, 6.45) is 2.73. The highest BCUT2D eigenvalue weighted by molar-refractivity contribution is 6.20. The number of rotatable bonds is 5. The number of nitrogens with zero attached hydrogens (tertiary/aromatic N) is 4. The van der Waals surface area contributed by atoms with E-state index in [1.54, 1.807) is 0 Å². The number of H-pyrrole nitrogens is 1. The number of aromatic nitrogens is 1. The van der Waals surface area contributed by atoms with Crippen LogP contribution < -0.4 is 4.90 Å². The SMILES string of the molecule is C=NCc1ccc2c3c([nH]c2c1)C(C)(C)c1cc(N2CCOCC2)c(C#CCN2CCN(C4CC4)CC2)cc1C3=O. The van der Waals surface area contributed by atoms with Crippen LogP contribution in [0.5, 0.6) is 0 Å². The first-order valence-electron chi connectivity index (χ1n) is 15.0. The van der Waals surface area contributed by atoms with E-state index in [0.29, 0.717) is 19.8 Å². The third-order valence-electron chi connectivity index (χ3n) is 9.41. The van der Waals surface area contributed by atoms with Gasteiger partial charge in [-0.3, -0.25) is 19.6 Å². The zero-order valence-corrected chi connectivity index (χ0v) is 24.3. The molecule has 1 saturated carbocycles. The molecule has 0 radical (unpaired) electrons. The van der Waals surface area contributed by atoms with Gasteiger partial charge in [-0.25, -0.2) is 0 Å². The number of aliphatic imine (C=N–C) groups is 1. The van der Waals surface area contributed by atoms with Gasteiger partial charge in [0, 0.05) is 78.4 Å². The minimum Gasteiger partial charge on any atom is -0.378 e. The first kappa shape index (κ1) is 26.5. The van der Waals surface area contributed by atoms with Crippen LogP contribution in [0.2, 0.25) is 0 Å². The standard InChI is InChI=1S/C34H39N5O2/c1-34(2)28-21-30(39-15-17-41-18-16-39)24(5-4-10-37-11-13-38(14-12-37)25-7-8-25)20-27(28)32(40)31-26-9-6-23(22-35-3)19-29(26)36-33(31)34/h6,9,19-21,25,36H,3,7-8,10-18,22H2,1-2H3. The summed E-state index contributed by atoms with van der Waals surface area (Å²) in [7, 11) is 0. The Balaban J connectivity index is 1.25. The van der Waals surface area contributed by atoms with Crippen molar-refractivity contribution >= 4 is 29.1 Å². The molecule has 7 nitrogen and oxygen atoms in total. The zero-order chi connectivity index (χ0) is 28.1. The van der Waals surface area contributed by atoms with Gasteiger partial charge in [-0.1, -0.05) is 37.8 Å². The molecule has 2 aliphatic heterocycles. The average Bonchev–Trinajstić information content (AvgIpc) is 3.76. The third kappa shape index (κ3) is 4.78. The largest absolute Gasteiger partial charge is 0.378 e. The number of piperazine rings is 1. The molecule has 1 aromatic heterocycles. The molecule has 0 unspecified atom stereocenters. The monoisotopic (exact) mass is 549 g/mol. The van der Waals surface area contributed by atoms with Gasteiger partial charge in [0.15, 0.2) is 5.78 Å². The molecular weight excluding hydrogens is 510 g/mol. The summed E-state index contributed by atoms with van der Waals surface area (Å²) in [6.45, 7) is 16.9. The molecule has 7 heteroatoms. The van der Waals surface area contributed by atoms with Gasteiger partial charge in [-0.05, 0) is 48.9 Å². The van der Waals surface area contributed by atoms with Crippen LogP contribution in [0.25, 0.3) is 10.9 Å². The van der Waals surface area contributed by atoms with E-state index in [-0.39, 0.29) is 11.2 Å². The van der Waals surface area contributed by atoms with Crippen LogP contribution in [-0.2, 0) is 16.7 Å². The van der Waals surface area contributed by atoms with Crippen molar-refractivity contribution in [2.75, 3.05) is 63.9 Å². The summed E-state index contributed by atoms with van der Waals surface area (Å²) in [4.78, 5) is 29.3. The first-order chi connectivity index (χ1) is 19.9. The van der Waals surface area contributed by atoms with Crippen LogP contribution in [0.15, 0.2) is 35.3 Å². The summed E-state index contributed by atoms with van der Waals surface area (Å²) in [5.74, 6) is 7.07. The number of hydrogen-bond acceptors (Lipinski definition) is 6. The topological polar surface area (TPSA) is 64.2 Å². The number of anilines is 1. The number of aromatic amines is 1. The minimum atomic E-state index is -0.372. The number of ketones is 1. The molecule has 41 heavy (non-hydrogen) atoms. The fraction of sp³-hybridized carbons (Fsp3) is 0.471. The maximum Gasteiger partial charge on any atom is 0.195 e. The highest BCUT2D eigenvalue weighted by atomic mass is 16.5. The van der Waals surface area contributed by atoms with Crippen molar-refractivity contribution in [2.24, 2.45) is 4.99 Å². The van der Waals surface area contributed by atoms with Gasteiger partial charge in [0.2, 0.25) is 0 Å². The van der Waals surface area contributed by atoms with Gasteiger partial charge in [-0.15, -0.1) is 0 Å². The fourth-order valence-electron chi connectivity index (χ4n) is 6.88. The molecule has 0 amide bonds. The van der Waals surface area contributed by atoms with Gasteiger partial charge in [-0.2, -0.15) is 0 Å². The van der Waals surface area contributed by atoms with Crippen molar-refractivity contribution in [1.29, 1.82) is 0 Å². The molecule has 2 aromatic carbocycles. The van der Waals surface area contributed by atoms with Crippen molar-refractivity contribution in [3.8, 4) is 11.8 Å². The van der Waals surface area contributed by atoms with Gasteiger partial charge >= 0.3 is 0 Å². The Bertz CT molecular complexity index is 1570. The Kier molecular flexibility index (Phi) is 6.73. The summed E-state index contributed by atoms with van der Waals surface area (Å²) in [5.41, 5.74) is 7.30. The number of fused-ring (bicyclic) bond motifs is 4. The number of morpholine rings is 1. The highest BCUT2D eigenvalue weighted by Crippen LogP contribution is 2.45. The molecular formula is C34H39N5O2. The average molecular weight is 550 g/mol. The Hall–Kier alpha value is -3.44. The van der Waals surface area contributed by atoms with Crippen LogP contribution in [0, 0.1) is 11.8 Å². The fourth-order valence-corrected chi connectivity index (χ4v) is 6.88. The second-order valence-electron chi connectivity index (χ2n) is 12.5. The molecule has 212 valence electrons. The van der Waals surface area contributed by atoms with Crippen LogP contribution in [0.3, 0.4) is 0 Å². The van der Waals surface area contributed by atoms with Crippen LogP contribution in [0.4, 0.5) is 5.69 Å². The van der Waals surface area contributed by atoms with Gasteiger partial charge in [0.1, 0.15) is 0 Å².